The molecule has 0 aromatic heterocycles. The van der Waals surface area contributed by atoms with Crippen LogP contribution < -0.4 is 0 Å². The molecule has 0 aliphatic heterocycles. The minimum Gasteiger partial charge on any atom is -0.207 e. The number of rotatable bonds is 5. The third-order valence-electron chi connectivity index (χ3n) is 3.01. The molecule has 1 aromatic rings. The van der Waals surface area contributed by atoms with Gasteiger partial charge in [-0.25, -0.2) is 4.39 Å². The molecule has 0 saturated carbocycles. The van der Waals surface area contributed by atoms with Crippen molar-refractivity contribution < 1.29 is 4.39 Å². The lowest BCUT2D eigenvalue weighted by Crippen LogP contribution is -2.25. The average Bonchev–Trinajstić information content (AvgIpc) is 2.29. The predicted octanol–water partition coefficient (Wildman–Crippen LogP) is 4.84. The van der Waals surface area contributed by atoms with E-state index >= 15 is 0 Å². The molecule has 0 aliphatic rings. The predicted molar refractivity (Wildman–Crippen MR) is 68.5 cm³/mol. The summed E-state index contributed by atoms with van der Waals surface area (Å²) in [6.07, 6.45) is 2.94. The van der Waals surface area contributed by atoms with Crippen molar-refractivity contribution in [2.45, 2.75) is 44.9 Å². The number of halogens is 2. The van der Waals surface area contributed by atoms with Gasteiger partial charge in [-0.1, -0.05) is 44.4 Å². The van der Waals surface area contributed by atoms with Gasteiger partial charge in [0.2, 0.25) is 0 Å². The van der Waals surface area contributed by atoms with Crippen molar-refractivity contribution >= 4 is 11.6 Å². The molecule has 0 bridgehead atoms. The molecule has 0 atom stereocenters. The van der Waals surface area contributed by atoms with Crippen molar-refractivity contribution in [1.29, 1.82) is 5.26 Å². The zero-order chi connectivity index (χ0) is 12.9. The van der Waals surface area contributed by atoms with Gasteiger partial charge in [-0.05, 0) is 25.0 Å². The Morgan fingerprint density at radius 1 is 1.29 bits per heavy atom. The van der Waals surface area contributed by atoms with Gasteiger partial charge in [0.15, 0.2) is 0 Å². The second-order valence-electron chi connectivity index (χ2n) is 4.29. The Labute approximate surface area is 107 Å². The summed E-state index contributed by atoms with van der Waals surface area (Å²) < 4.78 is 13.9. The monoisotopic (exact) mass is 253 g/mol. The van der Waals surface area contributed by atoms with E-state index in [1.54, 1.807) is 12.1 Å². The van der Waals surface area contributed by atoms with Gasteiger partial charge in [0.25, 0.3) is 0 Å². The molecule has 0 amide bonds. The Balaban J connectivity index is 3.36. The Hall–Kier alpha value is -1.07. The van der Waals surface area contributed by atoms with Crippen molar-refractivity contribution in [3.05, 3.63) is 34.6 Å². The molecule has 0 radical (unpaired) electrons. The van der Waals surface area contributed by atoms with Crippen molar-refractivity contribution in [3.63, 3.8) is 0 Å². The van der Waals surface area contributed by atoms with Gasteiger partial charge in [0, 0.05) is 10.6 Å². The number of nitriles is 1. The minimum absolute atomic E-state index is 0.355. The van der Waals surface area contributed by atoms with E-state index in [0.29, 0.717) is 23.4 Å². The van der Waals surface area contributed by atoms with Gasteiger partial charge < -0.3 is 0 Å². The lowest BCUT2D eigenvalue weighted by atomic mass is 9.74. The van der Waals surface area contributed by atoms with E-state index in [4.69, 9.17) is 11.6 Å². The summed E-state index contributed by atoms with van der Waals surface area (Å²) in [7, 11) is 0. The van der Waals surface area contributed by atoms with Crippen LogP contribution in [0.4, 0.5) is 4.39 Å². The van der Waals surface area contributed by atoms with Crippen LogP contribution in [0.25, 0.3) is 0 Å². The third kappa shape index (κ3) is 2.79. The fourth-order valence-electron chi connectivity index (χ4n) is 2.35. The Morgan fingerprint density at radius 2 is 1.88 bits per heavy atom. The van der Waals surface area contributed by atoms with Crippen LogP contribution in [0.15, 0.2) is 18.2 Å². The van der Waals surface area contributed by atoms with E-state index in [1.165, 1.54) is 6.07 Å². The van der Waals surface area contributed by atoms with E-state index in [1.807, 2.05) is 13.8 Å². The summed E-state index contributed by atoms with van der Waals surface area (Å²) in [5.74, 6) is -0.374. The molecule has 17 heavy (non-hydrogen) atoms. The first kappa shape index (κ1) is 14.0. The molecule has 0 aliphatic carbocycles. The number of nitrogens with zero attached hydrogens (tertiary/aromatic N) is 1. The summed E-state index contributed by atoms with van der Waals surface area (Å²) in [5.41, 5.74) is -0.417. The first-order valence-corrected chi connectivity index (χ1v) is 6.34. The van der Waals surface area contributed by atoms with Gasteiger partial charge >= 0.3 is 0 Å². The molecule has 3 heteroatoms. The normalized spacial score (nSPS) is 11.2. The van der Waals surface area contributed by atoms with Crippen LogP contribution in [-0.4, -0.2) is 0 Å². The van der Waals surface area contributed by atoms with Crippen molar-refractivity contribution in [3.8, 4) is 6.07 Å². The summed E-state index contributed by atoms with van der Waals surface area (Å²) in [5, 5.41) is 9.82. The van der Waals surface area contributed by atoms with Crippen LogP contribution in [-0.2, 0) is 5.41 Å². The molecule has 0 saturated heterocycles. The summed E-state index contributed by atoms with van der Waals surface area (Å²) in [4.78, 5) is 0. The first-order valence-electron chi connectivity index (χ1n) is 5.97. The van der Waals surface area contributed by atoms with E-state index in [0.717, 1.165) is 12.8 Å². The number of hydrogen-bond acceptors (Lipinski definition) is 1. The third-order valence-corrected chi connectivity index (χ3v) is 3.32. The first-order chi connectivity index (χ1) is 8.11. The highest BCUT2D eigenvalue weighted by Crippen LogP contribution is 2.39. The largest absolute Gasteiger partial charge is 0.207 e. The molecule has 1 nitrogen and oxygen atoms in total. The average molecular weight is 254 g/mol. The van der Waals surface area contributed by atoms with Gasteiger partial charge in [0.05, 0.1) is 11.5 Å². The number of hydrogen-bond donors (Lipinski definition) is 0. The van der Waals surface area contributed by atoms with Crippen molar-refractivity contribution in [2.75, 3.05) is 0 Å². The molecule has 0 fully saturated rings. The maximum atomic E-state index is 13.9. The summed E-state index contributed by atoms with van der Waals surface area (Å²) >= 11 is 6.07. The smallest absolute Gasteiger partial charge is 0.129 e. The molecule has 0 N–H and O–H groups in total. The van der Waals surface area contributed by atoms with Crippen LogP contribution in [0.1, 0.15) is 45.1 Å². The maximum Gasteiger partial charge on any atom is 0.129 e. The van der Waals surface area contributed by atoms with Gasteiger partial charge in [-0.3, -0.25) is 0 Å². The topological polar surface area (TPSA) is 23.8 Å². The minimum atomic E-state index is -0.786. The molecule has 0 unspecified atom stereocenters. The summed E-state index contributed by atoms with van der Waals surface area (Å²) in [6, 6.07) is 6.89. The molecule has 1 aromatic carbocycles. The Bertz CT molecular complexity index is 396. The lowest BCUT2D eigenvalue weighted by molar-refractivity contribution is 0.431. The zero-order valence-electron chi connectivity index (χ0n) is 10.3. The van der Waals surface area contributed by atoms with Gasteiger partial charge in [-0.15, -0.1) is 0 Å². The highest BCUT2D eigenvalue weighted by Gasteiger charge is 2.35. The Morgan fingerprint density at radius 3 is 2.29 bits per heavy atom. The van der Waals surface area contributed by atoms with Crippen molar-refractivity contribution in [2.24, 2.45) is 0 Å². The maximum absolute atomic E-state index is 13.9. The van der Waals surface area contributed by atoms with E-state index in [2.05, 4.69) is 6.07 Å². The van der Waals surface area contributed by atoms with E-state index in [9.17, 15) is 9.65 Å². The molecular formula is C14H17ClFN. The van der Waals surface area contributed by atoms with Crippen molar-refractivity contribution in [1.82, 2.24) is 0 Å². The van der Waals surface area contributed by atoms with Gasteiger partial charge in [-0.2, -0.15) is 5.26 Å². The highest BCUT2D eigenvalue weighted by molar-refractivity contribution is 6.31. The summed E-state index contributed by atoms with van der Waals surface area (Å²) in [6.45, 7) is 3.99. The van der Waals surface area contributed by atoms with Crippen LogP contribution in [0.3, 0.4) is 0 Å². The van der Waals surface area contributed by atoms with Crippen LogP contribution in [0.5, 0.6) is 0 Å². The molecule has 1 rings (SSSR count). The second-order valence-corrected chi connectivity index (χ2v) is 4.70. The fraction of sp³-hybridized carbons (Fsp3) is 0.500. The van der Waals surface area contributed by atoms with E-state index < -0.39 is 5.41 Å². The van der Waals surface area contributed by atoms with Gasteiger partial charge in [0.1, 0.15) is 5.82 Å². The second kappa shape index (κ2) is 6.02. The lowest BCUT2D eigenvalue weighted by Gasteiger charge is -2.27. The van der Waals surface area contributed by atoms with Crippen LogP contribution in [0.2, 0.25) is 5.02 Å². The standard InChI is InChI=1S/C14H17ClFN/c1-3-8-14(10-17,9-4-2)13-11(15)6-5-7-12(13)16/h5-7H,3-4,8-9H2,1-2H3. The molecule has 0 spiro atoms. The quantitative estimate of drug-likeness (QED) is 0.737. The van der Waals surface area contributed by atoms with E-state index in [-0.39, 0.29) is 5.82 Å². The molecule has 92 valence electrons. The van der Waals surface area contributed by atoms with Crippen LogP contribution in [0, 0.1) is 17.1 Å². The SMILES string of the molecule is CCCC(C#N)(CCC)c1c(F)cccc1Cl. The zero-order valence-corrected chi connectivity index (χ0v) is 11.0. The molecule has 0 heterocycles. The highest BCUT2D eigenvalue weighted by atomic mass is 35.5. The van der Waals surface area contributed by atoms with Crippen LogP contribution >= 0.6 is 11.6 Å². The fourth-order valence-corrected chi connectivity index (χ4v) is 2.70. The molecular weight excluding hydrogens is 237 g/mol. The Kier molecular flexibility index (Phi) is 4.96. The number of benzene rings is 1.